The molecule has 2 N–H and O–H groups in total. The Morgan fingerprint density at radius 2 is 2.27 bits per heavy atom. The van der Waals surface area contributed by atoms with Crippen LogP contribution in [-0.2, 0) is 0 Å². The number of carbonyl (C=O) groups excluding carboxylic acids is 1. The van der Waals surface area contributed by atoms with Gasteiger partial charge in [0.25, 0.3) is 5.91 Å². The number of rotatable bonds is 2. The van der Waals surface area contributed by atoms with Crippen molar-refractivity contribution in [1.29, 1.82) is 0 Å². The largest absolute Gasteiger partial charge is 0.347 e. The fourth-order valence-electron chi connectivity index (χ4n) is 1.33. The van der Waals surface area contributed by atoms with Gasteiger partial charge in [0.2, 0.25) is 0 Å². The highest BCUT2D eigenvalue weighted by Gasteiger charge is 2.20. The van der Waals surface area contributed by atoms with Crippen molar-refractivity contribution in [2.45, 2.75) is 6.04 Å². The maximum absolute atomic E-state index is 12.8. The molecule has 1 aromatic rings. The van der Waals surface area contributed by atoms with Gasteiger partial charge >= 0.3 is 0 Å². The molecule has 1 fully saturated rings. The van der Waals surface area contributed by atoms with Crippen LogP contribution in [0, 0.1) is 9.39 Å². The predicted octanol–water partition coefficient (Wildman–Crippen LogP) is 1.13. The van der Waals surface area contributed by atoms with Crippen LogP contribution in [-0.4, -0.2) is 25.0 Å². The van der Waals surface area contributed by atoms with Crippen molar-refractivity contribution in [3.8, 4) is 0 Å². The van der Waals surface area contributed by atoms with Gasteiger partial charge in [-0.1, -0.05) is 0 Å². The molecule has 0 radical (unpaired) electrons. The lowest BCUT2D eigenvalue weighted by atomic mass is 10.1. The van der Waals surface area contributed by atoms with E-state index in [9.17, 15) is 9.18 Å². The predicted molar refractivity (Wildman–Crippen MR) is 63.2 cm³/mol. The first-order valence-corrected chi connectivity index (χ1v) is 5.71. The average Bonchev–Trinajstić information content (AvgIpc) is 2.11. The van der Waals surface area contributed by atoms with Crippen molar-refractivity contribution < 1.29 is 9.18 Å². The Labute approximate surface area is 101 Å². The van der Waals surface area contributed by atoms with Gasteiger partial charge in [0, 0.05) is 16.7 Å². The summed E-state index contributed by atoms with van der Waals surface area (Å²) in [4.78, 5) is 11.7. The molecule has 0 aliphatic carbocycles. The average molecular weight is 320 g/mol. The molecule has 0 aromatic heterocycles. The summed E-state index contributed by atoms with van der Waals surface area (Å²) >= 11 is 1.96. The van der Waals surface area contributed by atoms with Gasteiger partial charge in [-0.3, -0.25) is 4.79 Å². The minimum atomic E-state index is -0.318. The summed E-state index contributed by atoms with van der Waals surface area (Å²) in [6.45, 7) is 1.62. The highest BCUT2D eigenvalue weighted by Crippen LogP contribution is 2.14. The topological polar surface area (TPSA) is 41.1 Å². The minimum Gasteiger partial charge on any atom is -0.347 e. The van der Waals surface area contributed by atoms with Crippen molar-refractivity contribution in [1.82, 2.24) is 10.6 Å². The summed E-state index contributed by atoms with van der Waals surface area (Å²) in [6.07, 6.45) is 0. The van der Waals surface area contributed by atoms with Gasteiger partial charge in [-0.15, -0.1) is 0 Å². The number of amides is 1. The molecule has 0 saturated carbocycles. The molecule has 0 atom stereocenters. The summed E-state index contributed by atoms with van der Waals surface area (Å²) < 4.78 is 13.4. The Balaban J connectivity index is 2.10. The van der Waals surface area contributed by atoms with Crippen molar-refractivity contribution in [3.63, 3.8) is 0 Å². The number of nitrogens with one attached hydrogen (secondary N) is 2. The number of hydrogen-bond acceptors (Lipinski definition) is 2. The number of halogens is 2. The second-order valence-corrected chi connectivity index (χ2v) is 4.61. The van der Waals surface area contributed by atoms with Crippen molar-refractivity contribution >= 4 is 28.5 Å². The Hall–Kier alpha value is -0.690. The fourth-order valence-corrected chi connectivity index (χ4v) is 2.05. The van der Waals surface area contributed by atoms with Gasteiger partial charge in [0.15, 0.2) is 0 Å². The summed E-state index contributed by atoms with van der Waals surface area (Å²) in [7, 11) is 0. The smallest absolute Gasteiger partial charge is 0.252 e. The lowest BCUT2D eigenvalue weighted by Gasteiger charge is -2.28. The molecule has 2 rings (SSSR count). The van der Waals surface area contributed by atoms with E-state index in [1.54, 1.807) is 0 Å². The summed E-state index contributed by atoms with van der Waals surface area (Å²) in [5.41, 5.74) is 0.531. The second kappa shape index (κ2) is 4.44. The Morgan fingerprint density at radius 3 is 2.80 bits per heavy atom. The molecule has 0 bridgehead atoms. The second-order valence-electron chi connectivity index (χ2n) is 3.45. The third-order valence-electron chi connectivity index (χ3n) is 2.29. The van der Waals surface area contributed by atoms with Crippen LogP contribution in [0.5, 0.6) is 0 Å². The molecule has 1 saturated heterocycles. The van der Waals surface area contributed by atoms with Crippen LogP contribution in [0.3, 0.4) is 0 Å². The quantitative estimate of drug-likeness (QED) is 0.802. The molecule has 1 aromatic carbocycles. The molecule has 1 aliphatic rings. The van der Waals surface area contributed by atoms with Crippen molar-refractivity contribution in [2.75, 3.05) is 13.1 Å². The van der Waals surface area contributed by atoms with E-state index < -0.39 is 0 Å². The summed E-state index contributed by atoms with van der Waals surface area (Å²) in [5.74, 6) is -0.452. The zero-order valence-electron chi connectivity index (χ0n) is 7.89. The van der Waals surface area contributed by atoms with E-state index in [1.807, 2.05) is 22.6 Å². The van der Waals surface area contributed by atoms with E-state index >= 15 is 0 Å². The van der Waals surface area contributed by atoms with Crippen LogP contribution in [0.15, 0.2) is 18.2 Å². The maximum atomic E-state index is 12.8. The zero-order chi connectivity index (χ0) is 10.8. The van der Waals surface area contributed by atoms with Crippen LogP contribution < -0.4 is 10.6 Å². The van der Waals surface area contributed by atoms with Crippen molar-refractivity contribution in [3.05, 3.63) is 33.1 Å². The number of carbonyl (C=O) groups is 1. The van der Waals surface area contributed by atoms with Gasteiger partial charge in [-0.05, 0) is 40.8 Å². The highest BCUT2D eigenvalue weighted by atomic mass is 127. The molecule has 1 heterocycles. The van der Waals surface area contributed by atoms with Crippen LogP contribution in [0.1, 0.15) is 10.4 Å². The molecule has 1 aliphatic heterocycles. The first-order valence-electron chi connectivity index (χ1n) is 4.63. The third-order valence-corrected chi connectivity index (χ3v) is 3.18. The van der Waals surface area contributed by atoms with E-state index in [2.05, 4.69) is 10.6 Å². The molecule has 5 heteroatoms. The van der Waals surface area contributed by atoms with E-state index in [0.717, 1.165) is 13.1 Å². The van der Waals surface area contributed by atoms with Crippen molar-refractivity contribution in [2.24, 2.45) is 0 Å². The summed E-state index contributed by atoms with van der Waals surface area (Å²) in [5, 5.41) is 5.93. The Bertz CT molecular complexity index is 393. The fraction of sp³-hybridized carbons (Fsp3) is 0.300. The molecule has 80 valence electrons. The monoisotopic (exact) mass is 320 g/mol. The minimum absolute atomic E-state index is 0.133. The Kier molecular flexibility index (Phi) is 3.20. The maximum Gasteiger partial charge on any atom is 0.252 e. The highest BCUT2D eigenvalue weighted by molar-refractivity contribution is 14.1. The van der Waals surface area contributed by atoms with E-state index in [1.165, 1.54) is 18.2 Å². The number of hydrogen-bond donors (Lipinski definition) is 2. The first kappa shape index (κ1) is 10.8. The summed E-state index contributed by atoms with van der Waals surface area (Å²) in [6, 6.07) is 4.38. The van der Waals surface area contributed by atoms with Gasteiger partial charge in [0.05, 0.1) is 11.6 Å². The van der Waals surface area contributed by atoms with E-state index in [-0.39, 0.29) is 17.8 Å². The lowest BCUT2D eigenvalue weighted by Crippen LogP contribution is -2.57. The lowest BCUT2D eigenvalue weighted by molar-refractivity contribution is 0.0923. The molecular formula is C10H10FIN2O. The first-order chi connectivity index (χ1) is 7.16. The normalized spacial score (nSPS) is 15.9. The number of benzene rings is 1. The van der Waals surface area contributed by atoms with Gasteiger partial charge in [-0.25, -0.2) is 4.39 Å². The molecular weight excluding hydrogens is 310 g/mol. The van der Waals surface area contributed by atoms with Gasteiger partial charge < -0.3 is 10.6 Å². The van der Waals surface area contributed by atoms with E-state index in [4.69, 9.17) is 0 Å². The molecule has 0 unspecified atom stereocenters. The molecule has 15 heavy (non-hydrogen) atoms. The molecule has 1 amide bonds. The van der Waals surface area contributed by atoms with E-state index in [0.29, 0.717) is 9.13 Å². The van der Waals surface area contributed by atoms with Gasteiger partial charge in [-0.2, -0.15) is 0 Å². The SMILES string of the molecule is O=C(NC1CNC1)c1ccc(F)cc1I. The standard InChI is InChI=1S/C10H10FIN2O/c11-6-1-2-8(9(12)3-6)10(15)14-7-4-13-5-7/h1-3,7,13H,4-5H2,(H,14,15). The molecule has 0 spiro atoms. The van der Waals surface area contributed by atoms with Crippen LogP contribution in [0.4, 0.5) is 4.39 Å². The Morgan fingerprint density at radius 1 is 1.53 bits per heavy atom. The molecule has 3 nitrogen and oxygen atoms in total. The third kappa shape index (κ3) is 2.46. The van der Waals surface area contributed by atoms with Crippen LogP contribution in [0.2, 0.25) is 0 Å². The van der Waals surface area contributed by atoms with Crippen LogP contribution >= 0.6 is 22.6 Å². The van der Waals surface area contributed by atoms with Gasteiger partial charge in [0.1, 0.15) is 5.82 Å². The van der Waals surface area contributed by atoms with Crippen LogP contribution in [0.25, 0.3) is 0 Å². The zero-order valence-corrected chi connectivity index (χ0v) is 10.0.